The summed E-state index contributed by atoms with van der Waals surface area (Å²) in [5, 5.41) is 66.7. The van der Waals surface area contributed by atoms with E-state index in [9.17, 15) is 39.1 Å². The Morgan fingerprint density at radius 2 is 1.58 bits per heavy atom. The van der Waals surface area contributed by atoms with Gasteiger partial charge in [-0.3, -0.25) is 4.55 Å². The molecule has 0 aromatic carbocycles. The third-order valence-corrected chi connectivity index (χ3v) is 13.5. The molecule has 262 valence electrons. The molecule has 0 amide bonds. The molecule has 1 heterocycles. The van der Waals surface area contributed by atoms with Crippen LogP contribution in [0.3, 0.4) is 0 Å². The average Bonchev–Trinajstić information content (AvgIpc) is 3.37. The van der Waals surface area contributed by atoms with Crippen molar-refractivity contribution in [1.29, 1.82) is 0 Å². The van der Waals surface area contributed by atoms with Gasteiger partial charge < -0.3 is 40.1 Å². The first-order chi connectivity index (χ1) is 20.8. The molecule has 8 unspecified atom stereocenters. The Balaban J connectivity index is 1.25. The Labute approximate surface area is 267 Å². The van der Waals surface area contributed by atoms with Crippen molar-refractivity contribution in [2.45, 2.75) is 147 Å². The fourth-order valence-corrected chi connectivity index (χ4v) is 11.2. The van der Waals surface area contributed by atoms with Crippen molar-refractivity contribution in [3.8, 4) is 0 Å². The number of aliphatic hydroxyl groups excluding tert-OH is 5. The van der Waals surface area contributed by atoms with Crippen molar-refractivity contribution in [2.24, 2.45) is 46.3 Å². The van der Waals surface area contributed by atoms with Crippen LogP contribution >= 0.6 is 0 Å². The molecule has 16 atom stereocenters. The number of ether oxygens (including phenoxy) is 2. The van der Waals surface area contributed by atoms with Crippen LogP contribution < -0.4 is 0 Å². The minimum absolute atomic E-state index is 0.0262. The van der Waals surface area contributed by atoms with Crippen LogP contribution in [0.2, 0.25) is 0 Å². The van der Waals surface area contributed by atoms with Crippen LogP contribution in [0, 0.1) is 46.3 Å². The Kier molecular flexibility index (Phi) is 10.2. The third-order valence-electron chi connectivity index (χ3n) is 13.1. The van der Waals surface area contributed by atoms with Crippen LogP contribution in [0.15, 0.2) is 0 Å². The molecule has 0 radical (unpaired) electrons. The van der Waals surface area contributed by atoms with Crippen LogP contribution in [0.1, 0.15) is 92.4 Å². The van der Waals surface area contributed by atoms with Crippen molar-refractivity contribution < 1.29 is 57.3 Å². The number of aliphatic hydroxyl groups is 6. The number of hydrogen-bond acceptors (Lipinski definition) is 11. The smallest absolute Gasteiger partial charge is 0.393 e. The van der Waals surface area contributed by atoms with Gasteiger partial charge in [0.15, 0.2) is 6.29 Å². The van der Waals surface area contributed by atoms with Gasteiger partial charge in [0.2, 0.25) is 0 Å². The van der Waals surface area contributed by atoms with Crippen LogP contribution in [-0.4, -0.2) is 105 Å². The minimum atomic E-state index is -4.74. The zero-order valence-electron chi connectivity index (χ0n) is 27.2. The van der Waals surface area contributed by atoms with Crippen LogP contribution in [-0.2, 0) is 24.1 Å². The fourth-order valence-electron chi connectivity index (χ4n) is 10.9. The Morgan fingerprint density at radius 1 is 0.911 bits per heavy atom. The number of fused-ring (bicyclic) bond motifs is 5. The van der Waals surface area contributed by atoms with Gasteiger partial charge in [-0.25, -0.2) is 4.18 Å². The zero-order chi connectivity index (χ0) is 33.3. The zero-order valence-corrected chi connectivity index (χ0v) is 28.1. The van der Waals surface area contributed by atoms with Crippen molar-refractivity contribution in [3.63, 3.8) is 0 Å². The van der Waals surface area contributed by atoms with Crippen LogP contribution in [0.5, 0.6) is 0 Å². The van der Waals surface area contributed by atoms with E-state index in [4.69, 9.17) is 14.0 Å². The quantitative estimate of drug-likeness (QED) is 0.167. The summed E-state index contributed by atoms with van der Waals surface area (Å²) in [6.45, 7) is 9.82. The van der Waals surface area contributed by atoms with Gasteiger partial charge in [0.1, 0.15) is 18.3 Å². The van der Waals surface area contributed by atoms with E-state index in [0.29, 0.717) is 25.7 Å². The maximum Gasteiger partial charge on any atom is 0.397 e. The molecular formula is C32H56O12S. The minimum Gasteiger partial charge on any atom is -0.393 e. The van der Waals surface area contributed by atoms with E-state index in [1.165, 1.54) is 0 Å². The second-order valence-corrected chi connectivity index (χ2v) is 17.1. The topological polar surface area (TPSA) is 203 Å². The van der Waals surface area contributed by atoms with Gasteiger partial charge in [-0.2, -0.15) is 8.42 Å². The van der Waals surface area contributed by atoms with E-state index < -0.39 is 65.5 Å². The summed E-state index contributed by atoms with van der Waals surface area (Å²) in [6.07, 6.45) is -1.73. The third kappa shape index (κ3) is 6.50. The van der Waals surface area contributed by atoms with E-state index in [-0.39, 0.29) is 58.9 Å². The molecule has 4 aliphatic carbocycles. The van der Waals surface area contributed by atoms with Gasteiger partial charge in [0.25, 0.3) is 0 Å². The fraction of sp³-hybridized carbons (Fsp3) is 1.00. The van der Waals surface area contributed by atoms with Crippen molar-refractivity contribution in [3.05, 3.63) is 0 Å². The SMILES string of the molecule is CC(C)[C@H](CC[C@@H](C)[C@H]1CC(O)C2[C@]3(O)C[C@H](O)C4C[C@@H](O)CC[C@]4(C)C3CC[C@@]21C)OC1OC(COS(=O)(=O)O)C(O)C1O. The molecular weight excluding hydrogens is 608 g/mol. The van der Waals surface area contributed by atoms with E-state index >= 15 is 0 Å². The molecule has 7 N–H and O–H groups in total. The number of rotatable bonds is 10. The Bertz CT molecular complexity index is 1150. The molecule has 5 fully saturated rings. The molecule has 0 spiro atoms. The summed E-state index contributed by atoms with van der Waals surface area (Å²) in [6, 6.07) is 0. The van der Waals surface area contributed by atoms with E-state index in [1.807, 2.05) is 13.8 Å². The summed E-state index contributed by atoms with van der Waals surface area (Å²) >= 11 is 0. The molecule has 5 aliphatic rings. The lowest BCUT2D eigenvalue weighted by Gasteiger charge is -2.66. The van der Waals surface area contributed by atoms with Crippen molar-refractivity contribution >= 4 is 10.4 Å². The second-order valence-electron chi connectivity index (χ2n) is 16.0. The maximum absolute atomic E-state index is 12.5. The van der Waals surface area contributed by atoms with Gasteiger partial charge in [-0.05, 0) is 91.8 Å². The first-order valence-corrected chi connectivity index (χ1v) is 18.2. The maximum atomic E-state index is 12.5. The van der Waals surface area contributed by atoms with Crippen molar-refractivity contribution in [1.82, 2.24) is 0 Å². The van der Waals surface area contributed by atoms with E-state index in [1.54, 1.807) is 0 Å². The van der Waals surface area contributed by atoms with Gasteiger partial charge >= 0.3 is 10.4 Å². The Morgan fingerprint density at radius 3 is 2.22 bits per heavy atom. The lowest BCUT2D eigenvalue weighted by Crippen LogP contribution is -2.68. The predicted octanol–water partition coefficient (Wildman–Crippen LogP) is 1.79. The van der Waals surface area contributed by atoms with Gasteiger partial charge in [-0.15, -0.1) is 0 Å². The molecule has 13 heteroatoms. The lowest BCUT2D eigenvalue weighted by atomic mass is 9.42. The van der Waals surface area contributed by atoms with E-state index in [2.05, 4.69) is 25.0 Å². The molecule has 0 bridgehead atoms. The first-order valence-electron chi connectivity index (χ1n) is 16.9. The standard InChI is InChI=1S/C32H56O12S/c1-16(2)23(43-29-27(37)26(36)24(44-29)15-42-45(39,40)41)7-6-17(3)19-13-21(34)28-31(19,5)11-9-25-30(4)10-8-18(33)12-20(30)22(35)14-32(25,28)38/h16-29,33-38H,6-15H2,1-5H3,(H,39,40,41)/t17-,18+,19-,20?,21?,22+,23+,24?,25?,26?,27?,28?,29?,30+,31-,32+/m1/s1. The largest absolute Gasteiger partial charge is 0.397 e. The molecule has 0 aromatic rings. The molecule has 1 aliphatic heterocycles. The molecule has 0 aromatic heterocycles. The van der Waals surface area contributed by atoms with Crippen LogP contribution in [0.4, 0.5) is 0 Å². The summed E-state index contributed by atoms with van der Waals surface area (Å²) < 4.78 is 46.8. The van der Waals surface area contributed by atoms with Crippen LogP contribution in [0.25, 0.3) is 0 Å². The summed E-state index contributed by atoms with van der Waals surface area (Å²) in [5.74, 6) is -0.158. The highest BCUT2D eigenvalue weighted by atomic mass is 32.3. The highest BCUT2D eigenvalue weighted by Crippen LogP contribution is 2.69. The summed E-state index contributed by atoms with van der Waals surface area (Å²) in [7, 11) is -4.74. The molecule has 4 saturated carbocycles. The average molecular weight is 665 g/mol. The van der Waals surface area contributed by atoms with Gasteiger partial charge in [0, 0.05) is 12.3 Å². The van der Waals surface area contributed by atoms with Gasteiger partial charge in [0.05, 0.1) is 36.6 Å². The second kappa shape index (κ2) is 12.8. The predicted molar refractivity (Wildman–Crippen MR) is 162 cm³/mol. The van der Waals surface area contributed by atoms with Gasteiger partial charge in [-0.1, -0.05) is 34.6 Å². The van der Waals surface area contributed by atoms with E-state index in [0.717, 1.165) is 25.7 Å². The normalized spacial score (nSPS) is 49.8. The summed E-state index contributed by atoms with van der Waals surface area (Å²) in [4.78, 5) is 0. The lowest BCUT2D eigenvalue weighted by molar-refractivity contribution is -0.263. The number of hydrogen-bond donors (Lipinski definition) is 7. The highest BCUT2D eigenvalue weighted by molar-refractivity contribution is 7.80. The molecule has 45 heavy (non-hydrogen) atoms. The molecule has 1 saturated heterocycles. The molecule has 12 nitrogen and oxygen atoms in total. The monoisotopic (exact) mass is 664 g/mol. The first kappa shape index (κ1) is 35.8. The van der Waals surface area contributed by atoms with Crippen molar-refractivity contribution in [2.75, 3.05) is 6.61 Å². The summed E-state index contributed by atoms with van der Waals surface area (Å²) in [5.41, 5.74) is -1.81. The highest BCUT2D eigenvalue weighted by Gasteiger charge is 2.70. The Hall–Kier alpha value is -0.450. The molecule has 5 rings (SSSR count).